The summed E-state index contributed by atoms with van der Waals surface area (Å²) in [5, 5.41) is 12.2. The first-order chi connectivity index (χ1) is 12.0. The molecule has 0 saturated heterocycles. The molecule has 3 rings (SSSR count). The van der Waals surface area contributed by atoms with E-state index in [-0.39, 0.29) is 5.91 Å². The molecule has 1 atom stereocenters. The van der Waals surface area contributed by atoms with Gasteiger partial charge in [-0.2, -0.15) is 5.26 Å². The molecule has 0 bridgehead atoms. The van der Waals surface area contributed by atoms with Gasteiger partial charge in [0.15, 0.2) is 12.2 Å². The third-order valence-corrected chi connectivity index (χ3v) is 4.67. The Morgan fingerprint density at radius 3 is 2.88 bits per heavy atom. The van der Waals surface area contributed by atoms with E-state index in [4.69, 9.17) is 14.4 Å². The molecule has 1 aliphatic rings. The van der Waals surface area contributed by atoms with Crippen LogP contribution in [0.3, 0.4) is 0 Å². The van der Waals surface area contributed by atoms with Crippen LogP contribution < -0.4 is 10.1 Å². The first-order valence-corrected chi connectivity index (χ1v) is 8.04. The van der Waals surface area contributed by atoms with Gasteiger partial charge in [-0.15, -0.1) is 0 Å². The minimum atomic E-state index is -0.556. The molecule has 25 heavy (non-hydrogen) atoms. The lowest BCUT2D eigenvalue weighted by molar-refractivity contribution is 0.0602. The topological polar surface area (TPSA) is 91.4 Å². The number of ether oxygens (including phenoxy) is 1. The molecule has 2 heterocycles. The van der Waals surface area contributed by atoms with Gasteiger partial charge in [0, 0.05) is 19.5 Å². The highest BCUT2D eigenvalue weighted by Crippen LogP contribution is 2.40. The van der Waals surface area contributed by atoms with Gasteiger partial charge in [0.25, 0.3) is 5.91 Å². The summed E-state index contributed by atoms with van der Waals surface area (Å²) in [6.45, 7) is 1.96. The molecule has 7 nitrogen and oxygen atoms in total. The largest absolute Gasteiger partial charge is 0.496 e. The highest BCUT2D eigenvalue weighted by molar-refractivity contribution is 6.03. The van der Waals surface area contributed by atoms with Gasteiger partial charge in [-0.25, -0.2) is 4.98 Å². The maximum atomic E-state index is 12.9. The Morgan fingerprint density at radius 2 is 2.24 bits per heavy atom. The number of aromatic nitrogens is 1. The second kappa shape index (κ2) is 6.48. The van der Waals surface area contributed by atoms with Gasteiger partial charge >= 0.3 is 0 Å². The average molecular weight is 340 g/mol. The number of amides is 1. The Hall–Kier alpha value is -3.01. The normalized spacial score (nSPS) is 19.1. The number of carbonyl (C=O) groups is 1. The number of fused-ring (bicyclic) bond motifs is 1. The lowest BCUT2D eigenvalue weighted by Crippen LogP contribution is -2.56. The molecule has 0 saturated carbocycles. The lowest BCUT2D eigenvalue weighted by Gasteiger charge is -2.44. The van der Waals surface area contributed by atoms with Crippen LogP contribution in [0.1, 0.15) is 36.5 Å². The third kappa shape index (κ3) is 2.91. The minimum Gasteiger partial charge on any atom is -0.496 e. The molecule has 0 spiro atoms. The van der Waals surface area contributed by atoms with E-state index in [2.05, 4.69) is 16.4 Å². The number of benzene rings is 1. The predicted molar refractivity (Wildman–Crippen MR) is 92.1 cm³/mol. The van der Waals surface area contributed by atoms with Crippen molar-refractivity contribution in [3.05, 3.63) is 30.3 Å². The minimum absolute atomic E-state index is 0.0865. The number of hydrogen-bond donors (Lipinski definition) is 1. The number of rotatable bonds is 5. The first kappa shape index (κ1) is 16.8. The van der Waals surface area contributed by atoms with Crippen molar-refractivity contribution in [2.24, 2.45) is 0 Å². The molecule has 0 aliphatic carbocycles. The molecule has 1 N–H and O–H groups in total. The molecule has 1 unspecified atom stereocenters. The summed E-state index contributed by atoms with van der Waals surface area (Å²) in [5.41, 5.74) is 1.38. The molecule has 130 valence electrons. The maximum absolute atomic E-state index is 12.9. The van der Waals surface area contributed by atoms with E-state index >= 15 is 0 Å². The van der Waals surface area contributed by atoms with Gasteiger partial charge in [0.1, 0.15) is 11.4 Å². The second-order valence-corrected chi connectivity index (χ2v) is 6.24. The highest BCUT2D eigenvalue weighted by atomic mass is 16.5. The SMILES string of the molecule is COc1cc2c(cc1-c1cnco1)C(=O)N(C)C(C)(CCCC#N)N2. The summed E-state index contributed by atoms with van der Waals surface area (Å²) in [5.74, 6) is 1.05. The zero-order valence-electron chi connectivity index (χ0n) is 14.5. The van der Waals surface area contributed by atoms with Crippen LogP contribution in [0, 0.1) is 11.3 Å². The van der Waals surface area contributed by atoms with E-state index in [1.165, 1.54) is 6.39 Å². The van der Waals surface area contributed by atoms with E-state index in [0.29, 0.717) is 47.6 Å². The summed E-state index contributed by atoms with van der Waals surface area (Å²) >= 11 is 0. The van der Waals surface area contributed by atoms with Crippen LogP contribution in [0.5, 0.6) is 5.75 Å². The molecule has 2 aromatic rings. The van der Waals surface area contributed by atoms with Crippen LogP contribution >= 0.6 is 0 Å². The smallest absolute Gasteiger partial charge is 0.257 e. The van der Waals surface area contributed by atoms with Gasteiger partial charge < -0.3 is 19.4 Å². The number of oxazole rings is 1. The number of nitriles is 1. The van der Waals surface area contributed by atoms with Crippen molar-refractivity contribution in [2.45, 2.75) is 31.8 Å². The maximum Gasteiger partial charge on any atom is 0.257 e. The van der Waals surface area contributed by atoms with Crippen LogP contribution in [-0.4, -0.2) is 35.6 Å². The molecule has 1 amide bonds. The summed E-state index contributed by atoms with van der Waals surface area (Å²) < 4.78 is 10.8. The van der Waals surface area contributed by atoms with Crippen molar-refractivity contribution in [1.82, 2.24) is 9.88 Å². The second-order valence-electron chi connectivity index (χ2n) is 6.24. The quantitative estimate of drug-likeness (QED) is 0.840. The number of anilines is 1. The third-order valence-electron chi connectivity index (χ3n) is 4.67. The standard InChI is InChI=1S/C18H20N4O3/c1-18(6-4-5-7-19)21-14-9-15(24-3)13(16-10-20-11-25-16)8-12(14)17(23)22(18)2/h8-11,21H,4-6H2,1-3H3. The number of nitrogens with zero attached hydrogens (tertiary/aromatic N) is 3. The summed E-state index contributed by atoms with van der Waals surface area (Å²) in [7, 11) is 3.34. The van der Waals surface area contributed by atoms with E-state index in [9.17, 15) is 4.79 Å². The van der Waals surface area contributed by atoms with Gasteiger partial charge in [0.2, 0.25) is 0 Å². The van der Waals surface area contributed by atoms with Crippen molar-refractivity contribution < 1.29 is 13.9 Å². The number of carbonyl (C=O) groups excluding carboxylic acids is 1. The van der Waals surface area contributed by atoms with Crippen LogP contribution in [0.4, 0.5) is 5.69 Å². The van der Waals surface area contributed by atoms with Gasteiger partial charge in [0.05, 0.1) is 36.2 Å². The van der Waals surface area contributed by atoms with Crippen molar-refractivity contribution >= 4 is 11.6 Å². The van der Waals surface area contributed by atoms with Gasteiger partial charge in [-0.3, -0.25) is 4.79 Å². The van der Waals surface area contributed by atoms with Gasteiger partial charge in [-0.1, -0.05) is 0 Å². The molecule has 7 heteroatoms. The van der Waals surface area contributed by atoms with E-state index in [1.807, 2.05) is 6.92 Å². The van der Waals surface area contributed by atoms with Crippen LogP contribution in [0.25, 0.3) is 11.3 Å². The van der Waals surface area contributed by atoms with Crippen LogP contribution in [0.2, 0.25) is 0 Å². The molecular weight excluding hydrogens is 320 g/mol. The summed E-state index contributed by atoms with van der Waals surface area (Å²) in [6, 6.07) is 5.71. The fourth-order valence-corrected chi connectivity index (χ4v) is 3.09. The Labute approximate surface area is 146 Å². The van der Waals surface area contributed by atoms with E-state index in [0.717, 1.165) is 0 Å². The van der Waals surface area contributed by atoms with E-state index in [1.54, 1.807) is 37.4 Å². The fraction of sp³-hybridized carbons (Fsp3) is 0.389. The van der Waals surface area contributed by atoms with Crippen molar-refractivity contribution in [3.8, 4) is 23.1 Å². The van der Waals surface area contributed by atoms with Crippen LogP contribution in [-0.2, 0) is 0 Å². The molecule has 0 fully saturated rings. The predicted octanol–water partition coefficient (Wildman–Crippen LogP) is 3.26. The fourth-order valence-electron chi connectivity index (χ4n) is 3.09. The Balaban J connectivity index is 2.02. The Bertz CT molecular complexity index is 826. The zero-order chi connectivity index (χ0) is 18.0. The number of unbranched alkanes of at least 4 members (excludes halogenated alkanes) is 1. The van der Waals surface area contributed by atoms with Crippen molar-refractivity contribution in [1.29, 1.82) is 5.26 Å². The van der Waals surface area contributed by atoms with Crippen molar-refractivity contribution in [3.63, 3.8) is 0 Å². The number of hydrogen-bond acceptors (Lipinski definition) is 6. The monoisotopic (exact) mass is 340 g/mol. The zero-order valence-corrected chi connectivity index (χ0v) is 14.5. The Morgan fingerprint density at radius 1 is 1.44 bits per heavy atom. The van der Waals surface area contributed by atoms with E-state index < -0.39 is 5.66 Å². The first-order valence-electron chi connectivity index (χ1n) is 8.04. The van der Waals surface area contributed by atoms with Crippen molar-refractivity contribution in [2.75, 3.05) is 19.5 Å². The summed E-state index contributed by atoms with van der Waals surface area (Å²) in [4.78, 5) is 18.5. The number of nitrogens with one attached hydrogen (secondary N) is 1. The van der Waals surface area contributed by atoms with Crippen LogP contribution in [0.15, 0.2) is 29.1 Å². The Kier molecular flexibility index (Phi) is 4.36. The molecule has 1 aromatic heterocycles. The molecule has 0 radical (unpaired) electrons. The molecule has 1 aromatic carbocycles. The highest BCUT2D eigenvalue weighted by Gasteiger charge is 2.39. The molecular formula is C18H20N4O3. The summed E-state index contributed by atoms with van der Waals surface area (Å²) in [6.07, 6.45) is 4.77. The van der Waals surface area contributed by atoms with Gasteiger partial charge in [-0.05, 0) is 25.8 Å². The average Bonchev–Trinajstić information content (AvgIpc) is 3.13. The number of methoxy groups -OCH3 is 1. The lowest BCUT2D eigenvalue weighted by atomic mass is 9.94. The molecule has 1 aliphatic heterocycles.